The fourth-order valence-electron chi connectivity index (χ4n) is 4.82. The van der Waals surface area contributed by atoms with E-state index in [1.165, 1.54) is 30.5 Å². The molecule has 0 saturated carbocycles. The van der Waals surface area contributed by atoms with Crippen molar-refractivity contribution in [2.24, 2.45) is 0 Å². The van der Waals surface area contributed by atoms with Gasteiger partial charge in [0.1, 0.15) is 23.6 Å². The first-order valence-electron chi connectivity index (χ1n) is 12.6. The van der Waals surface area contributed by atoms with Gasteiger partial charge in [0, 0.05) is 24.2 Å². The molecule has 2 aromatic heterocycles. The highest BCUT2D eigenvalue weighted by Gasteiger charge is 2.49. The number of aliphatic hydroxyl groups is 1. The molecule has 12 heteroatoms. The van der Waals surface area contributed by atoms with Crippen molar-refractivity contribution in [2.45, 2.75) is 57.1 Å². The summed E-state index contributed by atoms with van der Waals surface area (Å²) >= 11 is 0. The number of anilines is 1. The monoisotopic (exact) mass is 549 g/mol. The Morgan fingerprint density at radius 3 is 2.56 bits per heavy atom. The molecule has 1 aliphatic rings. The van der Waals surface area contributed by atoms with Crippen LogP contribution in [0.1, 0.15) is 62.3 Å². The number of rotatable bonds is 8. The minimum Gasteiger partial charge on any atom is -0.481 e. The number of hydrogen-bond acceptors (Lipinski definition) is 7. The Balaban J connectivity index is 1.67. The first-order chi connectivity index (χ1) is 18.4. The summed E-state index contributed by atoms with van der Waals surface area (Å²) in [7, 11) is 1.49. The highest BCUT2D eigenvalue weighted by molar-refractivity contribution is 5.87. The second kappa shape index (κ2) is 10.9. The van der Waals surface area contributed by atoms with Crippen molar-refractivity contribution in [2.75, 3.05) is 32.2 Å². The van der Waals surface area contributed by atoms with Crippen LogP contribution in [0.15, 0.2) is 30.6 Å². The number of methoxy groups -OCH3 is 1. The topological polar surface area (TPSA) is 100 Å². The van der Waals surface area contributed by atoms with Crippen molar-refractivity contribution in [3.05, 3.63) is 53.1 Å². The van der Waals surface area contributed by atoms with Gasteiger partial charge in [0.15, 0.2) is 12.3 Å². The molecular formula is C27H31F4N5O3. The van der Waals surface area contributed by atoms with Gasteiger partial charge in [-0.15, -0.1) is 0 Å². The smallest absolute Gasteiger partial charge is 0.303 e. The number of ether oxygens (including phenoxy) is 1. The molecule has 3 aromatic rings. The van der Waals surface area contributed by atoms with E-state index in [-0.39, 0.29) is 11.5 Å². The summed E-state index contributed by atoms with van der Waals surface area (Å²) < 4.78 is 63.2. The molecule has 0 bridgehead atoms. The highest BCUT2D eigenvalue weighted by Crippen LogP contribution is 2.42. The number of nitrogens with zero attached hydrogens (tertiary/aromatic N) is 4. The Kier molecular flexibility index (Phi) is 7.97. The molecule has 1 saturated heterocycles. The molecule has 2 N–H and O–H groups in total. The summed E-state index contributed by atoms with van der Waals surface area (Å²) in [6.07, 6.45) is 2.44. The number of amides is 1. The Morgan fingerprint density at radius 1 is 1.26 bits per heavy atom. The van der Waals surface area contributed by atoms with E-state index in [1.807, 2.05) is 6.07 Å². The fourth-order valence-corrected chi connectivity index (χ4v) is 4.82. The number of fused-ring (bicyclic) bond motifs is 1. The van der Waals surface area contributed by atoms with Crippen LogP contribution in [0.4, 0.5) is 23.4 Å². The van der Waals surface area contributed by atoms with Crippen LogP contribution >= 0.6 is 0 Å². The van der Waals surface area contributed by atoms with Gasteiger partial charge in [-0.25, -0.2) is 18.7 Å². The average molecular weight is 550 g/mol. The second-order valence-corrected chi connectivity index (χ2v) is 10.2. The number of carbonyl (C=O) groups excluding carboxylic acids is 1. The van der Waals surface area contributed by atoms with Crippen molar-refractivity contribution in [1.29, 1.82) is 0 Å². The number of halogens is 4. The lowest BCUT2D eigenvalue weighted by Crippen LogP contribution is -2.41. The lowest BCUT2D eigenvalue weighted by molar-refractivity contribution is -0.170. The summed E-state index contributed by atoms with van der Waals surface area (Å²) in [5.74, 6) is -4.84. The molecule has 4 rings (SSSR count). The van der Waals surface area contributed by atoms with Crippen LogP contribution < -0.4 is 10.1 Å². The molecule has 1 atom stereocenters. The SMILES string of the molecule is COc1nc2ncnc(N[C@H](C)c3cccc(C(F)(F)C(C)(C)O)c3F)c2cc1C1CCN(C(=O)CF)CC1. The van der Waals surface area contributed by atoms with Crippen LogP contribution in [0.3, 0.4) is 0 Å². The van der Waals surface area contributed by atoms with Gasteiger partial charge in [-0.2, -0.15) is 13.8 Å². The molecule has 1 amide bonds. The van der Waals surface area contributed by atoms with Gasteiger partial charge < -0.3 is 20.1 Å². The third-order valence-corrected chi connectivity index (χ3v) is 7.17. The summed E-state index contributed by atoms with van der Waals surface area (Å²) in [5.41, 5.74) is -2.33. The van der Waals surface area contributed by atoms with Crippen LogP contribution in [0, 0.1) is 5.82 Å². The standard InChI is InChI=1S/C27H31F4N5O3/c1-15(17-6-5-7-20(22(17)29)27(30,31)26(2,3)38)34-23-19-12-18(25(39-4)35-24(19)33-14-32-23)16-8-10-36(11-9-16)21(37)13-28/h5-7,12,14-16,38H,8-11,13H2,1-4H3,(H,32,33,34,35)/t15-/m1/s1. The van der Waals surface area contributed by atoms with Gasteiger partial charge in [-0.3, -0.25) is 4.79 Å². The van der Waals surface area contributed by atoms with Crippen molar-refractivity contribution in [3.8, 4) is 5.88 Å². The Hall–Kier alpha value is -3.54. The highest BCUT2D eigenvalue weighted by atomic mass is 19.3. The molecule has 0 spiro atoms. The van der Waals surface area contributed by atoms with Crippen LogP contribution in [0.5, 0.6) is 5.88 Å². The predicted octanol–water partition coefficient (Wildman–Crippen LogP) is 4.88. The molecule has 0 radical (unpaired) electrons. The number of likely N-dealkylation sites (tertiary alicyclic amines) is 1. The summed E-state index contributed by atoms with van der Waals surface area (Å²) in [6, 6.07) is 4.69. The molecule has 1 aromatic carbocycles. The number of alkyl halides is 3. The van der Waals surface area contributed by atoms with E-state index in [9.17, 15) is 23.1 Å². The van der Waals surface area contributed by atoms with Crippen LogP contribution in [-0.4, -0.2) is 63.3 Å². The quantitative estimate of drug-likeness (QED) is 0.386. The summed E-state index contributed by atoms with van der Waals surface area (Å²) in [6.45, 7) is 3.22. The zero-order valence-electron chi connectivity index (χ0n) is 22.1. The third kappa shape index (κ3) is 5.47. The normalized spacial score (nSPS) is 15.9. The largest absolute Gasteiger partial charge is 0.481 e. The predicted molar refractivity (Wildman–Crippen MR) is 137 cm³/mol. The van der Waals surface area contributed by atoms with Gasteiger partial charge in [-0.05, 0) is 51.7 Å². The summed E-state index contributed by atoms with van der Waals surface area (Å²) in [5, 5.41) is 13.5. The van der Waals surface area contributed by atoms with Crippen molar-refractivity contribution >= 4 is 22.8 Å². The molecular weight excluding hydrogens is 518 g/mol. The second-order valence-electron chi connectivity index (χ2n) is 10.2. The zero-order valence-corrected chi connectivity index (χ0v) is 22.1. The van der Waals surface area contributed by atoms with Gasteiger partial charge >= 0.3 is 5.92 Å². The molecule has 39 heavy (non-hydrogen) atoms. The fraction of sp³-hybridized carbons (Fsp3) is 0.481. The molecule has 8 nitrogen and oxygen atoms in total. The van der Waals surface area contributed by atoms with Gasteiger partial charge in [-0.1, -0.05) is 12.1 Å². The molecule has 1 fully saturated rings. The molecule has 1 aliphatic heterocycles. The number of carbonyl (C=O) groups is 1. The summed E-state index contributed by atoms with van der Waals surface area (Å²) in [4.78, 5) is 26.2. The Bertz CT molecular complexity index is 1360. The average Bonchev–Trinajstić information content (AvgIpc) is 2.91. The number of aromatic nitrogens is 3. The lowest BCUT2D eigenvalue weighted by atomic mass is 9.89. The zero-order chi connectivity index (χ0) is 28.5. The number of piperidine rings is 1. The van der Waals surface area contributed by atoms with Crippen LogP contribution in [0.2, 0.25) is 0 Å². The van der Waals surface area contributed by atoms with E-state index in [0.29, 0.717) is 48.7 Å². The van der Waals surface area contributed by atoms with Crippen molar-refractivity contribution < 1.29 is 32.2 Å². The van der Waals surface area contributed by atoms with Crippen molar-refractivity contribution in [3.63, 3.8) is 0 Å². The minimum absolute atomic E-state index is 0.0239. The minimum atomic E-state index is -3.83. The van der Waals surface area contributed by atoms with Crippen LogP contribution in [0.25, 0.3) is 11.0 Å². The van der Waals surface area contributed by atoms with E-state index < -0.39 is 41.5 Å². The lowest BCUT2D eigenvalue weighted by Gasteiger charge is -2.32. The van der Waals surface area contributed by atoms with E-state index in [0.717, 1.165) is 25.5 Å². The third-order valence-electron chi connectivity index (χ3n) is 7.17. The number of hydrogen-bond donors (Lipinski definition) is 2. The molecule has 210 valence electrons. The first kappa shape index (κ1) is 28.5. The number of pyridine rings is 1. The van der Waals surface area contributed by atoms with Gasteiger partial charge in [0.2, 0.25) is 5.88 Å². The maximum Gasteiger partial charge on any atom is 0.303 e. The maximum absolute atomic E-state index is 15.3. The first-order valence-corrected chi connectivity index (χ1v) is 12.6. The Labute approximate surface area is 223 Å². The number of nitrogens with one attached hydrogen (secondary N) is 1. The van der Waals surface area contributed by atoms with Gasteiger partial charge in [0.25, 0.3) is 5.91 Å². The maximum atomic E-state index is 15.3. The van der Waals surface area contributed by atoms with Gasteiger partial charge in [0.05, 0.1) is 24.1 Å². The van der Waals surface area contributed by atoms with E-state index in [2.05, 4.69) is 20.3 Å². The van der Waals surface area contributed by atoms with E-state index in [1.54, 1.807) is 6.92 Å². The molecule has 0 aliphatic carbocycles. The Morgan fingerprint density at radius 2 is 1.95 bits per heavy atom. The van der Waals surface area contributed by atoms with E-state index in [4.69, 9.17) is 4.74 Å². The van der Waals surface area contributed by atoms with E-state index >= 15 is 4.39 Å². The van der Waals surface area contributed by atoms with Crippen LogP contribution in [-0.2, 0) is 10.7 Å². The van der Waals surface area contributed by atoms with Crippen molar-refractivity contribution in [1.82, 2.24) is 19.9 Å². The molecule has 3 heterocycles. The number of benzene rings is 1. The molecule has 0 unspecified atom stereocenters.